The molecule has 4 heteroatoms. The van der Waals surface area contributed by atoms with Crippen molar-refractivity contribution in [3.8, 4) is 0 Å². The monoisotopic (exact) mass is 304 g/mol. The highest BCUT2D eigenvalue weighted by Crippen LogP contribution is 2.28. The average Bonchev–Trinajstić information content (AvgIpc) is 2.49. The molecule has 0 spiro atoms. The Morgan fingerprint density at radius 2 is 1.95 bits per heavy atom. The van der Waals surface area contributed by atoms with Crippen LogP contribution in [0, 0.1) is 12.8 Å². The maximum Gasteiger partial charge on any atom is 0.319 e. The van der Waals surface area contributed by atoms with Gasteiger partial charge >= 0.3 is 6.03 Å². The molecule has 2 rings (SSSR count). The molecule has 2 amide bonds. The van der Waals surface area contributed by atoms with Crippen LogP contribution in [0.25, 0.3) is 0 Å². The molecule has 0 saturated heterocycles. The summed E-state index contributed by atoms with van der Waals surface area (Å²) in [7, 11) is 0. The Bertz CT molecular complexity index is 506. The first-order valence-corrected chi connectivity index (χ1v) is 8.29. The molecule has 0 aliphatic heterocycles. The SMILES string of the molecule is Cc1cccc(C(C)C)c1NC(=O)NC1CCC(CO)CC1. The van der Waals surface area contributed by atoms with Gasteiger partial charge in [-0.15, -0.1) is 0 Å². The van der Waals surface area contributed by atoms with Gasteiger partial charge < -0.3 is 15.7 Å². The third kappa shape index (κ3) is 4.23. The van der Waals surface area contributed by atoms with E-state index in [1.165, 1.54) is 5.56 Å². The number of nitrogens with one attached hydrogen (secondary N) is 2. The number of rotatable bonds is 4. The highest BCUT2D eigenvalue weighted by molar-refractivity contribution is 5.91. The number of benzene rings is 1. The molecule has 3 N–H and O–H groups in total. The van der Waals surface area contributed by atoms with E-state index in [2.05, 4.69) is 30.5 Å². The van der Waals surface area contributed by atoms with Crippen molar-refractivity contribution in [2.24, 2.45) is 5.92 Å². The molecule has 0 unspecified atom stereocenters. The molecule has 0 radical (unpaired) electrons. The second-order valence-corrected chi connectivity index (χ2v) is 6.69. The molecule has 22 heavy (non-hydrogen) atoms. The Balaban J connectivity index is 1.95. The summed E-state index contributed by atoms with van der Waals surface area (Å²) in [6.07, 6.45) is 3.87. The summed E-state index contributed by atoms with van der Waals surface area (Å²) in [6.45, 7) is 6.55. The van der Waals surface area contributed by atoms with E-state index in [9.17, 15) is 4.79 Å². The molecule has 1 aromatic carbocycles. The van der Waals surface area contributed by atoms with Crippen molar-refractivity contribution in [2.75, 3.05) is 11.9 Å². The lowest BCUT2D eigenvalue weighted by atomic mass is 9.87. The fourth-order valence-corrected chi connectivity index (χ4v) is 3.17. The number of carbonyl (C=O) groups excluding carboxylic acids is 1. The number of aliphatic hydroxyl groups is 1. The van der Waals surface area contributed by atoms with Crippen LogP contribution >= 0.6 is 0 Å². The van der Waals surface area contributed by atoms with E-state index in [1.807, 2.05) is 19.1 Å². The molecule has 1 fully saturated rings. The summed E-state index contributed by atoms with van der Waals surface area (Å²) in [5, 5.41) is 15.3. The molecule has 4 nitrogen and oxygen atoms in total. The Kier molecular flexibility index (Phi) is 5.83. The first kappa shape index (κ1) is 16.8. The Morgan fingerprint density at radius 1 is 1.27 bits per heavy atom. The number of anilines is 1. The summed E-state index contributed by atoms with van der Waals surface area (Å²) in [5.74, 6) is 0.778. The molecule has 0 heterocycles. The third-order valence-corrected chi connectivity index (χ3v) is 4.61. The van der Waals surface area contributed by atoms with E-state index in [0.29, 0.717) is 11.8 Å². The number of hydrogen-bond donors (Lipinski definition) is 3. The van der Waals surface area contributed by atoms with E-state index >= 15 is 0 Å². The van der Waals surface area contributed by atoms with Gasteiger partial charge in [0.15, 0.2) is 0 Å². The van der Waals surface area contributed by atoms with E-state index < -0.39 is 0 Å². The van der Waals surface area contributed by atoms with Gasteiger partial charge in [0.25, 0.3) is 0 Å². The van der Waals surface area contributed by atoms with Crippen LogP contribution in [-0.2, 0) is 0 Å². The number of carbonyl (C=O) groups is 1. The van der Waals surface area contributed by atoms with Crippen molar-refractivity contribution in [1.29, 1.82) is 0 Å². The summed E-state index contributed by atoms with van der Waals surface area (Å²) >= 11 is 0. The lowest BCUT2D eigenvalue weighted by Crippen LogP contribution is -2.40. The Morgan fingerprint density at radius 3 is 2.55 bits per heavy atom. The predicted molar refractivity (Wildman–Crippen MR) is 90.3 cm³/mol. The van der Waals surface area contributed by atoms with Crippen LogP contribution in [0.15, 0.2) is 18.2 Å². The second-order valence-electron chi connectivity index (χ2n) is 6.69. The molecule has 1 saturated carbocycles. The molecule has 0 aromatic heterocycles. The highest BCUT2D eigenvalue weighted by atomic mass is 16.3. The summed E-state index contributed by atoms with van der Waals surface area (Å²) in [5.41, 5.74) is 3.18. The number of urea groups is 1. The standard InChI is InChI=1S/C18H28N2O2/c1-12(2)16-6-4-5-13(3)17(16)20-18(22)19-15-9-7-14(11-21)8-10-15/h4-6,12,14-15,21H,7-11H2,1-3H3,(H2,19,20,22). The van der Waals surface area contributed by atoms with Crippen molar-refractivity contribution in [1.82, 2.24) is 5.32 Å². The van der Waals surface area contributed by atoms with Crippen LogP contribution in [0.3, 0.4) is 0 Å². The van der Waals surface area contributed by atoms with Crippen molar-refractivity contribution in [2.45, 2.75) is 58.4 Å². The fourth-order valence-electron chi connectivity index (χ4n) is 3.17. The molecular weight excluding hydrogens is 276 g/mol. The summed E-state index contributed by atoms with van der Waals surface area (Å²) in [4.78, 5) is 12.3. The van der Waals surface area contributed by atoms with Crippen LogP contribution in [0.5, 0.6) is 0 Å². The number of para-hydroxylation sites is 1. The molecule has 1 aliphatic carbocycles. The van der Waals surface area contributed by atoms with E-state index in [0.717, 1.165) is 36.9 Å². The van der Waals surface area contributed by atoms with Crippen molar-refractivity contribution in [3.05, 3.63) is 29.3 Å². The predicted octanol–water partition coefficient (Wildman–Crippen LogP) is 3.79. The van der Waals surface area contributed by atoms with Gasteiger partial charge in [0, 0.05) is 18.3 Å². The molecule has 0 bridgehead atoms. The van der Waals surface area contributed by atoms with Gasteiger partial charge in [0.1, 0.15) is 0 Å². The van der Waals surface area contributed by atoms with Crippen LogP contribution in [0.2, 0.25) is 0 Å². The minimum Gasteiger partial charge on any atom is -0.396 e. The van der Waals surface area contributed by atoms with Crippen LogP contribution < -0.4 is 10.6 Å². The molecule has 0 atom stereocenters. The van der Waals surface area contributed by atoms with Crippen LogP contribution in [0.1, 0.15) is 56.6 Å². The quantitative estimate of drug-likeness (QED) is 0.792. The van der Waals surface area contributed by atoms with Gasteiger partial charge in [-0.3, -0.25) is 0 Å². The normalized spacial score (nSPS) is 21.7. The molecule has 1 aliphatic rings. The van der Waals surface area contributed by atoms with Gasteiger partial charge in [0.05, 0.1) is 0 Å². The largest absolute Gasteiger partial charge is 0.396 e. The summed E-state index contributed by atoms with van der Waals surface area (Å²) < 4.78 is 0. The Hall–Kier alpha value is -1.55. The third-order valence-electron chi connectivity index (χ3n) is 4.61. The first-order valence-electron chi connectivity index (χ1n) is 8.29. The van der Waals surface area contributed by atoms with Gasteiger partial charge in [-0.2, -0.15) is 0 Å². The molecule has 122 valence electrons. The number of aryl methyl sites for hydroxylation is 1. The zero-order chi connectivity index (χ0) is 16.1. The fraction of sp³-hybridized carbons (Fsp3) is 0.611. The smallest absolute Gasteiger partial charge is 0.319 e. The van der Waals surface area contributed by atoms with Gasteiger partial charge in [-0.25, -0.2) is 4.79 Å². The van der Waals surface area contributed by atoms with Crippen molar-refractivity contribution < 1.29 is 9.90 Å². The minimum atomic E-state index is -0.122. The number of hydrogen-bond acceptors (Lipinski definition) is 2. The van der Waals surface area contributed by atoms with E-state index in [-0.39, 0.29) is 18.7 Å². The lowest BCUT2D eigenvalue weighted by Gasteiger charge is -2.28. The number of aliphatic hydroxyl groups excluding tert-OH is 1. The Labute approximate surface area is 133 Å². The zero-order valence-corrected chi connectivity index (χ0v) is 13.9. The topological polar surface area (TPSA) is 61.4 Å². The van der Waals surface area contributed by atoms with Crippen LogP contribution in [-0.4, -0.2) is 23.8 Å². The van der Waals surface area contributed by atoms with E-state index in [4.69, 9.17) is 5.11 Å². The maximum absolute atomic E-state index is 12.3. The number of amides is 2. The van der Waals surface area contributed by atoms with Crippen molar-refractivity contribution in [3.63, 3.8) is 0 Å². The van der Waals surface area contributed by atoms with Crippen molar-refractivity contribution >= 4 is 11.7 Å². The zero-order valence-electron chi connectivity index (χ0n) is 13.9. The van der Waals surface area contributed by atoms with Crippen LogP contribution in [0.4, 0.5) is 10.5 Å². The average molecular weight is 304 g/mol. The maximum atomic E-state index is 12.3. The van der Waals surface area contributed by atoms with Gasteiger partial charge in [-0.1, -0.05) is 32.0 Å². The highest BCUT2D eigenvalue weighted by Gasteiger charge is 2.22. The summed E-state index contributed by atoms with van der Waals surface area (Å²) in [6, 6.07) is 6.22. The van der Waals surface area contributed by atoms with Gasteiger partial charge in [-0.05, 0) is 55.6 Å². The minimum absolute atomic E-state index is 0.122. The molecule has 1 aromatic rings. The van der Waals surface area contributed by atoms with Gasteiger partial charge in [0.2, 0.25) is 0 Å². The lowest BCUT2D eigenvalue weighted by molar-refractivity contribution is 0.176. The van der Waals surface area contributed by atoms with E-state index in [1.54, 1.807) is 0 Å². The first-order chi connectivity index (χ1) is 10.5. The second kappa shape index (κ2) is 7.63. The molecular formula is C18H28N2O2.